The summed E-state index contributed by atoms with van der Waals surface area (Å²) >= 11 is 10.1. The van der Waals surface area contributed by atoms with E-state index in [1.165, 1.54) is 11.1 Å². The minimum Gasteiger partial charge on any atom is -0.444 e. The second-order valence-corrected chi connectivity index (χ2v) is 14.5. The van der Waals surface area contributed by atoms with Crippen LogP contribution in [0, 0.1) is 5.92 Å². The largest absolute Gasteiger partial charge is 0.444 e. The van der Waals surface area contributed by atoms with Crippen LogP contribution < -0.4 is 0 Å². The van der Waals surface area contributed by atoms with Gasteiger partial charge in [-0.15, -0.1) is 0 Å². The molecule has 44 heavy (non-hydrogen) atoms. The van der Waals surface area contributed by atoms with Crippen molar-refractivity contribution in [3.63, 3.8) is 0 Å². The lowest BCUT2D eigenvalue weighted by molar-refractivity contribution is -0.141. The number of hydrogen-bond acceptors (Lipinski definition) is 6. The summed E-state index contributed by atoms with van der Waals surface area (Å²) < 4.78 is 8.85. The molecular weight excluding hydrogens is 644 g/mol. The van der Waals surface area contributed by atoms with Crippen molar-refractivity contribution in [3.8, 4) is 0 Å². The first-order valence-electron chi connectivity index (χ1n) is 15.5. The Morgan fingerprint density at radius 1 is 1.09 bits per heavy atom. The van der Waals surface area contributed by atoms with Crippen LogP contribution in [0.1, 0.15) is 62.0 Å². The molecule has 2 fully saturated rings. The van der Waals surface area contributed by atoms with Gasteiger partial charge in [-0.25, -0.2) is 9.78 Å². The minimum atomic E-state index is -0.677. The topological polar surface area (TPSA) is 83.8 Å². The second kappa shape index (κ2) is 12.8. The summed E-state index contributed by atoms with van der Waals surface area (Å²) in [5.74, 6) is 0.300. The number of aromatic nitrogens is 3. The number of likely N-dealkylation sites (tertiary alicyclic amines) is 1. The van der Waals surface area contributed by atoms with E-state index in [0.717, 1.165) is 48.0 Å². The van der Waals surface area contributed by atoms with Crippen molar-refractivity contribution in [2.75, 3.05) is 32.7 Å². The van der Waals surface area contributed by atoms with Crippen molar-refractivity contribution in [2.45, 2.75) is 70.7 Å². The van der Waals surface area contributed by atoms with Crippen LogP contribution in [-0.4, -0.2) is 85.6 Å². The van der Waals surface area contributed by atoms with E-state index >= 15 is 0 Å². The Bertz CT molecular complexity index is 1460. The zero-order valence-electron chi connectivity index (χ0n) is 25.6. The molecule has 3 atom stereocenters. The fourth-order valence-electron chi connectivity index (χ4n) is 6.89. The molecule has 0 saturated carbocycles. The maximum Gasteiger partial charge on any atom is 0.411 e. The predicted molar refractivity (Wildman–Crippen MR) is 172 cm³/mol. The molecule has 0 bridgehead atoms. The van der Waals surface area contributed by atoms with E-state index in [1.54, 1.807) is 11.1 Å². The Kier molecular flexibility index (Phi) is 9.04. The third kappa shape index (κ3) is 6.82. The lowest BCUT2D eigenvalue weighted by Crippen LogP contribution is -2.63. The van der Waals surface area contributed by atoms with Crippen molar-refractivity contribution in [1.29, 1.82) is 0 Å². The van der Waals surface area contributed by atoms with Gasteiger partial charge in [0, 0.05) is 67.4 Å². The standard InChI is InChI=1S/C33H40BrClN6O3/c1-33(2,3)44-32(43)41-14-13-39(20-28(41)31(42)40-11-4-5-22(19-40)18-38-12-10-36-21-38)30-27-9-8-26(35)16-23(27)6-7-24-15-25(34)17-37-29(24)30/h8-10,12,15-17,21-22,28,30H,4-7,11,13-14,18-20H2,1-3H3/t22-,28+,30?/m0/s1. The average molecular weight is 684 g/mol. The van der Waals surface area contributed by atoms with Gasteiger partial charge in [-0.1, -0.05) is 17.7 Å². The predicted octanol–water partition coefficient (Wildman–Crippen LogP) is 5.74. The quantitative estimate of drug-likeness (QED) is 0.349. The molecule has 3 aliphatic rings. The van der Waals surface area contributed by atoms with E-state index in [1.807, 2.05) is 50.5 Å². The molecule has 3 aromatic rings. The fourth-order valence-corrected chi connectivity index (χ4v) is 7.46. The molecular formula is C33H40BrClN6O3. The number of aryl methyl sites for hydroxylation is 2. The van der Waals surface area contributed by atoms with E-state index in [9.17, 15) is 9.59 Å². The van der Waals surface area contributed by atoms with Crippen molar-refractivity contribution >= 4 is 39.5 Å². The molecule has 2 aromatic heterocycles. The number of amides is 2. The first-order valence-corrected chi connectivity index (χ1v) is 16.6. The number of piperidine rings is 1. The summed E-state index contributed by atoms with van der Waals surface area (Å²) in [5, 5.41) is 0.709. The molecule has 0 N–H and O–H groups in total. The molecule has 1 aliphatic carbocycles. The molecule has 1 aromatic carbocycles. The molecule has 234 valence electrons. The first-order chi connectivity index (χ1) is 21.1. The van der Waals surface area contributed by atoms with Gasteiger partial charge < -0.3 is 14.2 Å². The van der Waals surface area contributed by atoms with Gasteiger partial charge in [0.25, 0.3) is 0 Å². The van der Waals surface area contributed by atoms with Crippen LogP contribution in [0.5, 0.6) is 0 Å². The van der Waals surface area contributed by atoms with Crippen LogP contribution >= 0.6 is 27.5 Å². The Morgan fingerprint density at radius 2 is 1.91 bits per heavy atom. The zero-order chi connectivity index (χ0) is 31.0. The highest BCUT2D eigenvalue weighted by atomic mass is 79.9. The van der Waals surface area contributed by atoms with Gasteiger partial charge in [-0.05, 0) is 103 Å². The summed E-state index contributed by atoms with van der Waals surface area (Å²) in [6.07, 6.45) is 10.6. The molecule has 1 unspecified atom stereocenters. The number of imidazole rings is 1. The summed E-state index contributed by atoms with van der Waals surface area (Å²) in [6, 6.07) is 7.40. The Balaban J connectivity index is 1.32. The Labute approximate surface area is 272 Å². The lowest BCUT2D eigenvalue weighted by atomic mass is 9.94. The maximum atomic E-state index is 14.4. The summed E-state index contributed by atoms with van der Waals surface area (Å²) in [5.41, 5.74) is 3.83. The molecule has 2 aliphatic heterocycles. The Morgan fingerprint density at radius 3 is 2.68 bits per heavy atom. The third-order valence-corrected chi connectivity index (χ3v) is 9.51. The van der Waals surface area contributed by atoms with Crippen LogP contribution in [-0.2, 0) is 28.9 Å². The third-order valence-electron chi connectivity index (χ3n) is 8.84. The number of halogens is 2. The zero-order valence-corrected chi connectivity index (χ0v) is 27.9. The molecule has 2 saturated heterocycles. The summed E-state index contributed by atoms with van der Waals surface area (Å²) in [4.78, 5) is 43.1. The van der Waals surface area contributed by atoms with Crippen molar-refractivity contribution in [3.05, 3.63) is 81.1 Å². The minimum absolute atomic E-state index is 0.0233. The van der Waals surface area contributed by atoms with Gasteiger partial charge in [0.15, 0.2) is 0 Å². The van der Waals surface area contributed by atoms with Gasteiger partial charge >= 0.3 is 6.09 Å². The number of nitrogens with zero attached hydrogens (tertiary/aromatic N) is 6. The highest BCUT2D eigenvalue weighted by Crippen LogP contribution is 2.39. The van der Waals surface area contributed by atoms with Gasteiger partial charge in [-0.3, -0.25) is 19.6 Å². The molecule has 6 rings (SSSR count). The number of carbonyl (C=O) groups is 2. The van der Waals surface area contributed by atoms with E-state index in [-0.39, 0.29) is 11.9 Å². The average Bonchev–Trinajstić information content (AvgIpc) is 3.44. The van der Waals surface area contributed by atoms with Crippen LogP contribution in [0.15, 0.2) is 53.7 Å². The maximum absolute atomic E-state index is 14.4. The number of ether oxygens (including phenoxy) is 1. The number of benzene rings is 1. The first kappa shape index (κ1) is 31.0. The highest BCUT2D eigenvalue weighted by Gasteiger charge is 2.43. The van der Waals surface area contributed by atoms with E-state index in [2.05, 4.69) is 48.6 Å². The van der Waals surface area contributed by atoms with Gasteiger partial charge in [-0.2, -0.15) is 0 Å². The normalized spacial score (nSPS) is 22.6. The van der Waals surface area contributed by atoms with Gasteiger partial charge in [0.1, 0.15) is 11.6 Å². The monoisotopic (exact) mass is 682 g/mol. The SMILES string of the molecule is CC(C)(C)OC(=O)N1CCN(C2c3ccc(Cl)cc3CCc3cc(Br)cnc32)C[C@@H]1C(=O)N1CCC[C@@H](Cn2ccnc2)C1. The van der Waals surface area contributed by atoms with Crippen LogP contribution in [0.3, 0.4) is 0 Å². The fraction of sp³-hybridized carbons (Fsp3) is 0.515. The summed E-state index contributed by atoms with van der Waals surface area (Å²) in [7, 11) is 0. The van der Waals surface area contributed by atoms with E-state index in [4.69, 9.17) is 21.3 Å². The molecule has 4 heterocycles. The number of carbonyl (C=O) groups excluding carboxylic acids is 2. The van der Waals surface area contributed by atoms with Crippen LogP contribution in [0.2, 0.25) is 5.02 Å². The lowest BCUT2D eigenvalue weighted by Gasteiger charge is -2.46. The smallest absolute Gasteiger partial charge is 0.411 e. The molecule has 0 radical (unpaired) electrons. The molecule has 0 spiro atoms. The molecule has 11 heteroatoms. The Hall–Kier alpha value is -2.95. The number of fused-ring (bicyclic) bond motifs is 2. The number of pyridine rings is 1. The van der Waals surface area contributed by atoms with E-state index < -0.39 is 17.7 Å². The van der Waals surface area contributed by atoms with Crippen molar-refractivity contribution in [2.24, 2.45) is 5.92 Å². The molecule has 9 nitrogen and oxygen atoms in total. The van der Waals surface area contributed by atoms with Crippen molar-refractivity contribution < 1.29 is 14.3 Å². The van der Waals surface area contributed by atoms with Gasteiger partial charge in [0.2, 0.25) is 5.91 Å². The molecule has 2 amide bonds. The van der Waals surface area contributed by atoms with Crippen molar-refractivity contribution in [1.82, 2.24) is 29.2 Å². The summed E-state index contributed by atoms with van der Waals surface area (Å²) in [6.45, 7) is 9.06. The second-order valence-electron chi connectivity index (χ2n) is 13.2. The number of rotatable bonds is 4. The van der Waals surface area contributed by atoms with Gasteiger partial charge in [0.05, 0.1) is 18.1 Å². The van der Waals surface area contributed by atoms with Crippen LogP contribution in [0.25, 0.3) is 0 Å². The van der Waals surface area contributed by atoms with E-state index in [0.29, 0.717) is 43.7 Å². The number of hydrogen-bond donors (Lipinski definition) is 0. The highest BCUT2D eigenvalue weighted by molar-refractivity contribution is 9.10. The van der Waals surface area contributed by atoms with Crippen LogP contribution in [0.4, 0.5) is 4.79 Å². The number of piperazine rings is 1.